The van der Waals surface area contributed by atoms with Gasteiger partial charge in [0.25, 0.3) is 5.69 Å². The Morgan fingerprint density at radius 3 is 2.81 bits per heavy atom. The van der Waals surface area contributed by atoms with Crippen LogP contribution in [0, 0.1) is 10.1 Å². The average Bonchev–Trinajstić information content (AvgIpc) is 2.49. The predicted molar refractivity (Wildman–Crippen MR) is 82.3 cm³/mol. The normalized spacial score (nSPS) is 10.6. The molecule has 0 saturated heterocycles. The molecule has 1 heterocycles. The number of nitro groups is 1. The minimum Gasteiger partial charge on any atom is -0.307 e. The zero-order valence-electron chi connectivity index (χ0n) is 11.7. The molecule has 110 valence electrons. The molecule has 0 aliphatic rings. The molecule has 0 amide bonds. The molecule has 21 heavy (non-hydrogen) atoms. The van der Waals surface area contributed by atoms with E-state index in [9.17, 15) is 10.1 Å². The molecule has 0 aliphatic heterocycles. The van der Waals surface area contributed by atoms with Crippen molar-refractivity contribution >= 4 is 17.3 Å². The van der Waals surface area contributed by atoms with E-state index < -0.39 is 4.92 Å². The number of halogens is 1. The summed E-state index contributed by atoms with van der Waals surface area (Å²) in [4.78, 5) is 14.9. The second kappa shape index (κ2) is 7.15. The van der Waals surface area contributed by atoms with Gasteiger partial charge in [-0.2, -0.15) is 0 Å². The molecule has 2 aromatic rings. The van der Waals surface area contributed by atoms with Crippen LogP contribution in [-0.4, -0.2) is 9.91 Å². The Balaban J connectivity index is 2.09. The average molecular weight is 306 g/mol. The van der Waals surface area contributed by atoms with Gasteiger partial charge in [-0.3, -0.25) is 15.1 Å². The van der Waals surface area contributed by atoms with Crippen LogP contribution in [0.2, 0.25) is 5.02 Å². The zero-order chi connectivity index (χ0) is 15.2. The predicted octanol–water partition coefficient (Wildman–Crippen LogP) is 3.50. The smallest absolute Gasteiger partial charge is 0.275 e. The van der Waals surface area contributed by atoms with Gasteiger partial charge in [-0.25, -0.2) is 0 Å². The van der Waals surface area contributed by atoms with E-state index >= 15 is 0 Å². The Hall–Kier alpha value is -1.98. The van der Waals surface area contributed by atoms with Crippen molar-refractivity contribution in [1.82, 2.24) is 10.3 Å². The summed E-state index contributed by atoms with van der Waals surface area (Å²) in [5.41, 5.74) is 2.65. The maximum atomic E-state index is 11.0. The topological polar surface area (TPSA) is 68.1 Å². The zero-order valence-corrected chi connectivity index (χ0v) is 12.4. The lowest BCUT2D eigenvalue weighted by atomic mass is 10.1. The van der Waals surface area contributed by atoms with E-state index in [1.54, 1.807) is 18.3 Å². The standard InChI is InChI=1S/C15H16ClN3O2/c1-2-11-5-4-8-18-14(11)10-17-9-12-13(16)6-3-7-15(12)19(20)21/h3-8,17H,2,9-10H2,1H3. The van der Waals surface area contributed by atoms with Crippen molar-refractivity contribution in [3.63, 3.8) is 0 Å². The summed E-state index contributed by atoms with van der Waals surface area (Å²) in [6.45, 7) is 2.95. The fourth-order valence-corrected chi connectivity index (χ4v) is 2.39. The molecule has 0 saturated carbocycles. The second-order valence-electron chi connectivity index (χ2n) is 4.56. The number of benzene rings is 1. The van der Waals surface area contributed by atoms with Gasteiger partial charge in [0.1, 0.15) is 0 Å². The maximum absolute atomic E-state index is 11.0. The van der Waals surface area contributed by atoms with Gasteiger partial charge < -0.3 is 5.32 Å². The molecule has 0 radical (unpaired) electrons. The number of rotatable bonds is 6. The SMILES string of the molecule is CCc1cccnc1CNCc1c(Cl)cccc1[N+](=O)[O-]. The number of hydrogen-bond acceptors (Lipinski definition) is 4. The second-order valence-corrected chi connectivity index (χ2v) is 4.97. The van der Waals surface area contributed by atoms with Gasteiger partial charge >= 0.3 is 0 Å². The molecular formula is C15H16ClN3O2. The summed E-state index contributed by atoms with van der Waals surface area (Å²) in [7, 11) is 0. The molecule has 1 aromatic heterocycles. The molecule has 0 unspecified atom stereocenters. The van der Waals surface area contributed by atoms with Crippen molar-refractivity contribution in [3.05, 3.63) is 68.5 Å². The van der Waals surface area contributed by atoms with Gasteiger partial charge in [0, 0.05) is 25.4 Å². The minimum atomic E-state index is -0.416. The van der Waals surface area contributed by atoms with Crippen LogP contribution >= 0.6 is 11.6 Å². The lowest BCUT2D eigenvalue weighted by Gasteiger charge is -2.09. The summed E-state index contributed by atoms with van der Waals surface area (Å²) in [5.74, 6) is 0. The van der Waals surface area contributed by atoms with Gasteiger partial charge in [0.15, 0.2) is 0 Å². The van der Waals surface area contributed by atoms with Gasteiger partial charge in [-0.15, -0.1) is 0 Å². The molecular weight excluding hydrogens is 290 g/mol. The van der Waals surface area contributed by atoms with Crippen molar-refractivity contribution < 1.29 is 4.92 Å². The number of nitrogens with zero attached hydrogens (tertiary/aromatic N) is 2. The first-order chi connectivity index (χ1) is 10.1. The van der Waals surface area contributed by atoms with Gasteiger partial charge in [0.05, 0.1) is 21.2 Å². The molecule has 5 nitrogen and oxygen atoms in total. The highest BCUT2D eigenvalue weighted by Gasteiger charge is 2.16. The Morgan fingerprint density at radius 2 is 2.10 bits per heavy atom. The van der Waals surface area contributed by atoms with E-state index in [4.69, 9.17) is 11.6 Å². The van der Waals surface area contributed by atoms with Gasteiger partial charge in [0.2, 0.25) is 0 Å². The van der Waals surface area contributed by atoms with Crippen LogP contribution < -0.4 is 5.32 Å². The van der Waals surface area contributed by atoms with Crippen LogP contribution in [0.3, 0.4) is 0 Å². The summed E-state index contributed by atoms with van der Waals surface area (Å²) < 4.78 is 0. The number of aryl methyl sites for hydroxylation is 1. The largest absolute Gasteiger partial charge is 0.307 e. The third-order valence-corrected chi connectivity index (χ3v) is 3.60. The molecule has 1 N–H and O–H groups in total. The number of hydrogen-bond donors (Lipinski definition) is 1. The first kappa shape index (κ1) is 15.4. The number of nitrogens with one attached hydrogen (secondary N) is 1. The van der Waals surface area contributed by atoms with E-state index in [0.29, 0.717) is 23.7 Å². The summed E-state index contributed by atoms with van der Waals surface area (Å²) in [6.07, 6.45) is 2.64. The van der Waals surface area contributed by atoms with Crippen LogP contribution in [0.4, 0.5) is 5.69 Å². The quantitative estimate of drug-likeness (QED) is 0.655. The fourth-order valence-electron chi connectivity index (χ4n) is 2.15. The highest BCUT2D eigenvalue weighted by molar-refractivity contribution is 6.31. The molecule has 0 fully saturated rings. The van der Waals surface area contributed by atoms with Crippen molar-refractivity contribution in [2.75, 3.05) is 0 Å². The molecule has 0 spiro atoms. The maximum Gasteiger partial charge on any atom is 0.275 e. The fraction of sp³-hybridized carbons (Fsp3) is 0.267. The minimum absolute atomic E-state index is 0.0340. The lowest BCUT2D eigenvalue weighted by molar-refractivity contribution is -0.385. The van der Waals surface area contributed by atoms with Crippen molar-refractivity contribution in [3.8, 4) is 0 Å². The van der Waals surface area contributed by atoms with Gasteiger partial charge in [-0.05, 0) is 24.1 Å². The van der Waals surface area contributed by atoms with Crippen LogP contribution in [-0.2, 0) is 19.5 Å². The first-order valence-corrected chi connectivity index (χ1v) is 7.06. The third kappa shape index (κ3) is 3.77. The van der Waals surface area contributed by atoms with Crippen molar-refractivity contribution in [2.45, 2.75) is 26.4 Å². The van der Waals surface area contributed by atoms with Crippen molar-refractivity contribution in [1.29, 1.82) is 0 Å². The lowest BCUT2D eigenvalue weighted by Crippen LogP contribution is -2.16. The van der Waals surface area contributed by atoms with Crippen LogP contribution in [0.15, 0.2) is 36.5 Å². The highest BCUT2D eigenvalue weighted by Crippen LogP contribution is 2.26. The van der Waals surface area contributed by atoms with E-state index in [1.165, 1.54) is 11.6 Å². The summed E-state index contributed by atoms with van der Waals surface area (Å²) in [5, 5.41) is 14.6. The molecule has 0 atom stereocenters. The Kier molecular flexibility index (Phi) is 5.25. The van der Waals surface area contributed by atoms with Crippen LogP contribution in [0.25, 0.3) is 0 Å². The molecule has 2 rings (SSSR count). The molecule has 1 aromatic carbocycles. The monoisotopic (exact) mass is 305 g/mol. The Morgan fingerprint density at radius 1 is 1.29 bits per heavy atom. The first-order valence-electron chi connectivity index (χ1n) is 6.68. The molecule has 0 bridgehead atoms. The van der Waals surface area contributed by atoms with Crippen LogP contribution in [0.1, 0.15) is 23.7 Å². The highest BCUT2D eigenvalue weighted by atomic mass is 35.5. The van der Waals surface area contributed by atoms with E-state index in [2.05, 4.69) is 17.2 Å². The Bertz CT molecular complexity index is 647. The van der Waals surface area contributed by atoms with Gasteiger partial charge in [-0.1, -0.05) is 30.7 Å². The van der Waals surface area contributed by atoms with E-state index in [-0.39, 0.29) is 5.69 Å². The Labute approximate surface area is 128 Å². The number of aromatic nitrogens is 1. The van der Waals surface area contributed by atoms with Crippen molar-refractivity contribution in [2.24, 2.45) is 0 Å². The third-order valence-electron chi connectivity index (χ3n) is 3.25. The molecule has 0 aliphatic carbocycles. The van der Waals surface area contributed by atoms with E-state index in [0.717, 1.165) is 12.1 Å². The molecule has 6 heteroatoms. The van der Waals surface area contributed by atoms with Crippen LogP contribution in [0.5, 0.6) is 0 Å². The van der Waals surface area contributed by atoms with E-state index in [1.807, 2.05) is 12.1 Å². The number of pyridine rings is 1. The summed E-state index contributed by atoms with van der Waals surface area (Å²) >= 11 is 6.05. The number of nitro benzene ring substituents is 1. The summed E-state index contributed by atoms with van der Waals surface area (Å²) in [6, 6.07) is 8.63.